The molecule has 1 aromatic heterocycles. The Labute approximate surface area is 89.3 Å². The molecule has 82 valence electrons. The molecule has 0 N–H and O–H groups in total. The van der Waals surface area contributed by atoms with E-state index >= 15 is 0 Å². The Kier molecular flexibility index (Phi) is 3.48. The van der Waals surface area contributed by atoms with Crippen molar-refractivity contribution < 1.29 is 4.39 Å². The van der Waals surface area contributed by atoms with Crippen LogP contribution in [0.3, 0.4) is 0 Å². The van der Waals surface area contributed by atoms with Crippen molar-refractivity contribution in [3.8, 4) is 0 Å². The SMILES string of the molecule is Fc1cc(N2CCCCCCC2)ncn1. The third-order valence-electron chi connectivity index (χ3n) is 2.80. The van der Waals surface area contributed by atoms with Crippen molar-refractivity contribution in [3.63, 3.8) is 0 Å². The summed E-state index contributed by atoms with van der Waals surface area (Å²) in [5, 5.41) is 0. The van der Waals surface area contributed by atoms with Gasteiger partial charge in [-0.05, 0) is 12.8 Å². The lowest BCUT2D eigenvalue weighted by Crippen LogP contribution is -2.27. The van der Waals surface area contributed by atoms with E-state index in [1.165, 1.54) is 44.5 Å². The van der Waals surface area contributed by atoms with Crippen LogP contribution in [0, 0.1) is 5.95 Å². The number of hydrogen-bond acceptors (Lipinski definition) is 3. The normalized spacial score (nSPS) is 18.3. The van der Waals surface area contributed by atoms with Gasteiger partial charge in [-0.25, -0.2) is 9.97 Å². The first-order chi connectivity index (χ1) is 7.36. The minimum atomic E-state index is -0.443. The Hall–Kier alpha value is -1.19. The summed E-state index contributed by atoms with van der Waals surface area (Å²) in [5.74, 6) is 0.284. The molecule has 0 bridgehead atoms. The van der Waals surface area contributed by atoms with Crippen LogP contribution in [0.4, 0.5) is 10.2 Å². The highest BCUT2D eigenvalue weighted by Crippen LogP contribution is 2.16. The molecule has 0 aromatic carbocycles. The number of anilines is 1. The molecule has 2 rings (SSSR count). The number of nitrogens with zero attached hydrogens (tertiary/aromatic N) is 3. The maximum atomic E-state index is 12.9. The maximum absolute atomic E-state index is 12.9. The van der Waals surface area contributed by atoms with E-state index in [2.05, 4.69) is 14.9 Å². The van der Waals surface area contributed by atoms with Gasteiger partial charge in [0.1, 0.15) is 12.1 Å². The lowest BCUT2D eigenvalue weighted by Gasteiger charge is -2.25. The van der Waals surface area contributed by atoms with Gasteiger partial charge < -0.3 is 4.90 Å². The number of halogens is 1. The monoisotopic (exact) mass is 209 g/mol. The molecule has 0 spiro atoms. The minimum absolute atomic E-state index is 0.443. The Balaban J connectivity index is 2.06. The largest absolute Gasteiger partial charge is 0.356 e. The second-order valence-electron chi connectivity index (χ2n) is 3.95. The average molecular weight is 209 g/mol. The molecule has 0 saturated carbocycles. The lowest BCUT2D eigenvalue weighted by molar-refractivity contribution is 0.546. The molecule has 0 amide bonds. The molecule has 4 heteroatoms. The molecule has 0 radical (unpaired) electrons. The van der Waals surface area contributed by atoms with E-state index in [0.717, 1.165) is 18.9 Å². The van der Waals surface area contributed by atoms with E-state index in [1.807, 2.05) is 0 Å². The fourth-order valence-corrected chi connectivity index (χ4v) is 1.97. The van der Waals surface area contributed by atoms with Crippen LogP contribution in [0.5, 0.6) is 0 Å². The predicted octanol–water partition coefficient (Wildman–Crippen LogP) is 2.39. The maximum Gasteiger partial charge on any atom is 0.218 e. The zero-order valence-electron chi connectivity index (χ0n) is 8.82. The zero-order chi connectivity index (χ0) is 10.5. The smallest absolute Gasteiger partial charge is 0.218 e. The van der Waals surface area contributed by atoms with Gasteiger partial charge >= 0.3 is 0 Å². The number of hydrogen-bond donors (Lipinski definition) is 0. The topological polar surface area (TPSA) is 29.0 Å². The van der Waals surface area contributed by atoms with Gasteiger partial charge in [-0.3, -0.25) is 0 Å². The third-order valence-corrected chi connectivity index (χ3v) is 2.80. The zero-order valence-corrected chi connectivity index (χ0v) is 8.82. The first-order valence-corrected chi connectivity index (χ1v) is 5.59. The molecule has 0 unspecified atom stereocenters. The minimum Gasteiger partial charge on any atom is -0.356 e. The first-order valence-electron chi connectivity index (χ1n) is 5.59. The van der Waals surface area contributed by atoms with E-state index < -0.39 is 5.95 Å². The average Bonchev–Trinajstić information content (AvgIpc) is 2.16. The molecule has 1 aromatic rings. The summed E-state index contributed by atoms with van der Waals surface area (Å²) < 4.78 is 12.9. The van der Waals surface area contributed by atoms with E-state index in [-0.39, 0.29) is 0 Å². The highest BCUT2D eigenvalue weighted by atomic mass is 19.1. The highest BCUT2D eigenvalue weighted by molar-refractivity contribution is 5.36. The Morgan fingerprint density at radius 2 is 1.67 bits per heavy atom. The van der Waals surface area contributed by atoms with Gasteiger partial charge in [-0.15, -0.1) is 0 Å². The van der Waals surface area contributed by atoms with Gasteiger partial charge in [0.2, 0.25) is 5.95 Å². The van der Waals surface area contributed by atoms with Crippen molar-refractivity contribution >= 4 is 5.82 Å². The standard InChI is InChI=1S/C11H16FN3/c12-10-8-11(14-9-13-10)15-6-4-2-1-3-5-7-15/h8-9H,1-7H2. The lowest BCUT2D eigenvalue weighted by atomic mass is 10.1. The molecule has 2 heterocycles. The molecule has 0 aliphatic carbocycles. The Bertz CT molecular complexity index is 308. The molecule has 3 nitrogen and oxygen atoms in total. The van der Waals surface area contributed by atoms with Crippen molar-refractivity contribution in [1.29, 1.82) is 0 Å². The Morgan fingerprint density at radius 1 is 1.00 bits per heavy atom. The molecule has 1 fully saturated rings. The van der Waals surface area contributed by atoms with E-state index in [1.54, 1.807) is 0 Å². The molecule has 1 saturated heterocycles. The molecule has 1 aliphatic heterocycles. The van der Waals surface area contributed by atoms with Crippen LogP contribution in [0.2, 0.25) is 0 Å². The summed E-state index contributed by atoms with van der Waals surface area (Å²) >= 11 is 0. The van der Waals surface area contributed by atoms with Gasteiger partial charge in [0, 0.05) is 19.2 Å². The van der Waals surface area contributed by atoms with Crippen LogP contribution in [-0.2, 0) is 0 Å². The van der Waals surface area contributed by atoms with Gasteiger partial charge in [-0.1, -0.05) is 19.3 Å². The van der Waals surface area contributed by atoms with Gasteiger partial charge in [0.05, 0.1) is 0 Å². The molecule has 0 atom stereocenters. The summed E-state index contributed by atoms with van der Waals surface area (Å²) in [6.45, 7) is 1.97. The van der Waals surface area contributed by atoms with Crippen LogP contribution in [0.1, 0.15) is 32.1 Å². The van der Waals surface area contributed by atoms with Crippen molar-refractivity contribution in [3.05, 3.63) is 18.3 Å². The third kappa shape index (κ3) is 2.88. The summed E-state index contributed by atoms with van der Waals surface area (Å²) in [7, 11) is 0. The second kappa shape index (κ2) is 5.05. The van der Waals surface area contributed by atoms with Crippen LogP contribution < -0.4 is 4.90 Å². The number of rotatable bonds is 1. The van der Waals surface area contributed by atoms with Crippen molar-refractivity contribution in [1.82, 2.24) is 9.97 Å². The van der Waals surface area contributed by atoms with Crippen molar-refractivity contribution in [2.75, 3.05) is 18.0 Å². The number of aromatic nitrogens is 2. The predicted molar refractivity (Wildman–Crippen MR) is 57.3 cm³/mol. The van der Waals surface area contributed by atoms with E-state index in [9.17, 15) is 4.39 Å². The fourth-order valence-electron chi connectivity index (χ4n) is 1.97. The summed E-state index contributed by atoms with van der Waals surface area (Å²) in [5.41, 5.74) is 0. The molecular weight excluding hydrogens is 193 g/mol. The quantitative estimate of drug-likeness (QED) is 0.665. The summed E-state index contributed by atoms with van der Waals surface area (Å²) in [6.07, 6.45) is 7.50. The van der Waals surface area contributed by atoms with Gasteiger partial charge in [0.15, 0.2) is 0 Å². The first kappa shape index (κ1) is 10.3. The summed E-state index contributed by atoms with van der Waals surface area (Å²) in [4.78, 5) is 9.74. The van der Waals surface area contributed by atoms with Crippen LogP contribution in [0.15, 0.2) is 12.4 Å². The van der Waals surface area contributed by atoms with Gasteiger partial charge in [0.25, 0.3) is 0 Å². The molecular formula is C11H16FN3. The van der Waals surface area contributed by atoms with Crippen LogP contribution in [-0.4, -0.2) is 23.1 Å². The molecule has 15 heavy (non-hydrogen) atoms. The van der Waals surface area contributed by atoms with E-state index in [4.69, 9.17) is 0 Å². The van der Waals surface area contributed by atoms with Crippen molar-refractivity contribution in [2.45, 2.75) is 32.1 Å². The van der Waals surface area contributed by atoms with Crippen LogP contribution in [0.25, 0.3) is 0 Å². The highest BCUT2D eigenvalue weighted by Gasteiger charge is 2.10. The Morgan fingerprint density at radius 3 is 2.33 bits per heavy atom. The summed E-state index contributed by atoms with van der Waals surface area (Å²) in [6, 6.07) is 1.42. The molecule has 1 aliphatic rings. The second-order valence-corrected chi connectivity index (χ2v) is 3.95. The van der Waals surface area contributed by atoms with E-state index in [0.29, 0.717) is 0 Å². The fraction of sp³-hybridized carbons (Fsp3) is 0.636. The van der Waals surface area contributed by atoms with Gasteiger partial charge in [-0.2, -0.15) is 4.39 Å². The van der Waals surface area contributed by atoms with Crippen LogP contribution >= 0.6 is 0 Å². The van der Waals surface area contributed by atoms with Crippen molar-refractivity contribution in [2.24, 2.45) is 0 Å².